The molecule has 1 unspecified atom stereocenters. The van der Waals surface area contributed by atoms with E-state index >= 15 is 4.39 Å². The quantitative estimate of drug-likeness (QED) is 0.229. The lowest BCUT2D eigenvalue weighted by molar-refractivity contribution is 0.108. The predicted octanol–water partition coefficient (Wildman–Crippen LogP) is 6.61. The minimum Gasteiger partial charge on any atom is -0.461 e. The van der Waals surface area contributed by atoms with Crippen molar-refractivity contribution in [1.29, 1.82) is 5.26 Å². The van der Waals surface area contributed by atoms with Crippen LogP contribution in [0.3, 0.4) is 0 Å². The lowest BCUT2D eigenvalue weighted by Gasteiger charge is -2.34. The van der Waals surface area contributed by atoms with Crippen LogP contribution < -0.4 is 20.7 Å². The maximum absolute atomic E-state index is 16.9. The van der Waals surface area contributed by atoms with Crippen LogP contribution >= 0.6 is 22.9 Å². The number of hydrogen-bond acceptors (Lipinski definition) is 9. The molecule has 3 N–H and O–H groups in total. The molecule has 46 heavy (non-hydrogen) atoms. The van der Waals surface area contributed by atoms with Crippen molar-refractivity contribution in [2.24, 2.45) is 0 Å². The molecule has 238 valence electrons. The van der Waals surface area contributed by atoms with Crippen molar-refractivity contribution in [3.8, 4) is 23.2 Å². The van der Waals surface area contributed by atoms with Gasteiger partial charge in [0.05, 0.1) is 20.8 Å². The Hall–Kier alpha value is -3.70. The topological polar surface area (TPSA) is 103 Å². The Morgan fingerprint density at radius 1 is 1.22 bits per heavy atom. The molecule has 4 fully saturated rings. The van der Waals surface area contributed by atoms with Crippen LogP contribution in [0, 0.1) is 23.0 Å². The third kappa shape index (κ3) is 4.60. The van der Waals surface area contributed by atoms with Gasteiger partial charge in [-0.05, 0) is 56.3 Å². The van der Waals surface area contributed by atoms with Gasteiger partial charge in [0, 0.05) is 53.6 Å². The van der Waals surface area contributed by atoms with Gasteiger partial charge >= 0.3 is 6.01 Å². The molecule has 2 bridgehead atoms. The van der Waals surface area contributed by atoms with Gasteiger partial charge in [0.15, 0.2) is 5.82 Å². The third-order valence-electron chi connectivity index (χ3n) is 9.96. The number of rotatable bonds is 5. The number of piperazine rings is 1. The summed E-state index contributed by atoms with van der Waals surface area (Å²) in [6, 6.07) is 6.63. The monoisotopic (exact) mass is 669 g/mol. The smallest absolute Gasteiger partial charge is 0.319 e. The van der Waals surface area contributed by atoms with Crippen LogP contribution in [0.2, 0.25) is 5.02 Å². The van der Waals surface area contributed by atoms with Crippen LogP contribution in [0.15, 0.2) is 29.9 Å². The van der Waals surface area contributed by atoms with E-state index in [0.717, 1.165) is 30.6 Å². The summed E-state index contributed by atoms with van der Waals surface area (Å²) < 4.78 is 65.3. The lowest BCUT2D eigenvalue weighted by atomic mass is 9.94. The SMILES string of the molecule is N#Cc1c(N)sc2c(F)ccc(-c3c(Cl)cc4c(N5C[C@H]6CC[C@@H](C5)N6)nc(OCC56CCCN5CC(=C(F)F)C6)nc4c3F)c12. The molecule has 8 nitrogen and oxygen atoms in total. The molecule has 2 aromatic carbocycles. The molecule has 0 aliphatic carbocycles. The molecule has 0 spiro atoms. The maximum Gasteiger partial charge on any atom is 0.319 e. The number of nitriles is 1. The summed E-state index contributed by atoms with van der Waals surface area (Å²) in [4.78, 5) is 13.4. The van der Waals surface area contributed by atoms with Crippen LogP contribution in [0.25, 0.3) is 32.1 Å². The molecule has 2 aromatic heterocycles. The van der Waals surface area contributed by atoms with E-state index in [4.69, 9.17) is 27.1 Å². The average Bonchev–Trinajstić information content (AvgIpc) is 3.77. The van der Waals surface area contributed by atoms with E-state index in [1.54, 1.807) is 6.07 Å². The number of halogens is 5. The van der Waals surface area contributed by atoms with Gasteiger partial charge in [-0.25, -0.2) is 8.78 Å². The first-order valence-corrected chi connectivity index (χ1v) is 16.4. The fourth-order valence-corrected chi connectivity index (χ4v) is 9.10. The molecule has 6 heterocycles. The van der Waals surface area contributed by atoms with Crippen LogP contribution in [-0.2, 0) is 0 Å². The molecular weight excluding hydrogens is 642 g/mol. The van der Waals surface area contributed by atoms with Crippen LogP contribution in [0.1, 0.15) is 37.7 Å². The largest absolute Gasteiger partial charge is 0.461 e. The van der Waals surface area contributed by atoms with Crippen LogP contribution in [-0.4, -0.2) is 65.3 Å². The first kappa shape index (κ1) is 29.7. The summed E-state index contributed by atoms with van der Waals surface area (Å²) in [5.41, 5.74) is 5.72. The highest BCUT2D eigenvalue weighted by atomic mass is 35.5. The number of nitrogens with zero attached hydrogens (tertiary/aromatic N) is 5. The fourth-order valence-electron chi connectivity index (χ4n) is 7.86. The second-order valence-electron chi connectivity index (χ2n) is 12.6. The summed E-state index contributed by atoms with van der Waals surface area (Å²) in [5, 5.41) is 14.1. The number of nitrogens with two attached hydrogens (primary N) is 1. The minimum atomic E-state index is -1.65. The Kier molecular flexibility index (Phi) is 7.06. The summed E-state index contributed by atoms with van der Waals surface area (Å²) >= 11 is 7.73. The number of hydrogen-bond donors (Lipinski definition) is 2. The Labute approximate surface area is 270 Å². The molecule has 8 rings (SSSR count). The van der Waals surface area contributed by atoms with Gasteiger partial charge in [-0.15, -0.1) is 11.3 Å². The van der Waals surface area contributed by atoms with E-state index in [2.05, 4.69) is 15.2 Å². The molecular formula is C32H28ClF4N7OS. The summed E-state index contributed by atoms with van der Waals surface area (Å²) in [7, 11) is 0. The van der Waals surface area contributed by atoms with Gasteiger partial charge in [0.2, 0.25) is 0 Å². The Bertz CT molecular complexity index is 2000. The lowest BCUT2D eigenvalue weighted by Crippen LogP contribution is -2.51. The normalized spacial score (nSPS) is 24.3. The van der Waals surface area contributed by atoms with Gasteiger partial charge < -0.3 is 20.7 Å². The molecule has 4 aliphatic rings. The fraction of sp³-hybridized carbons (Fsp3) is 0.406. The first-order valence-electron chi connectivity index (χ1n) is 15.2. The molecule has 4 saturated heterocycles. The van der Waals surface area contributed by atoms with Crippen LogP contribution in [0.4, 0.5) is 28.4 Å². The Balaban J connectivity index is 1.28. The molecule has 0 radical (unpaired) electrons. The highest BCUT2D eigenvalue weighted by Gasteiger charge is 2.48. The zero-order valence-electron chi connectivity index (χ0n) is 24.5. The predicted molar refractivity (Wildman–Crippen MR) is 169 cm³/mol. The van der Waals surface area contributed by atoms with Crippen molar-refractivity contribution in [3.63, 3.8) is 0 Å². The van der Waals surface area contributed by atoms with Crippen LogP contribution in [0.5, 0.6) is 6.01 Å². The van der Waals surface area contributed by atoms with E-state index in [0.29, 0.717) is 37.3 Å². The highest BCUT2D eigenvalue weighted by Crippen LogP contribution is 2.47. The number of fused-ring (bicyclic) bond motifs is 5. The summed E-state index contributed by atoms with van der Waals surface area (Å²) in [6.45, 7) is 2.24. The van der Waals surface area contributed by atoms with Crippen molar-refractivity contribution in [2.45, 2.75) is 49.7 Å². The molecule has 14 heteroatoms. The number of nitrogens with one attached hydrogen (secondary N) is 1. The van der Waals surface area contributed by atoms with Crippen molar-refractivity contribution < 1.29 is 22.3 Å². The molecule has 0 amide bonds. The Morgan fingerprint density at radius 3 is 2.74 bits per heavy atom. The highest BCUT2D eigenvalue weighted by molar-refractivity contribution is 7.23. The molecule has 0 saturated carbocycles. The summed E-state index contributed by atoms with van der Waals surface area (Å²) in [5.74, 6) is -0.891. The van der Waals surface area contributed by atoms with E-state index in [1.807, 2.05) is 11.0 Å². The summed E-state index contributed by atoms with van der Waals surface area (Å²) in [6.07, 6.45) is 2.11. The molecule has 4 aliphatic heterocycles. The van der Waals surface area contributed by atoms with Crippen molar-refractivity contribution in [2.75, 3.05) is 43.4 Å². The second kappa shape index (κ2) is 10.9. The van der Waals surface area contributed by atoms with E-state index < -0.39 is 23.3 Å². The number of thiophene rings is 1. The number of ether oxygens (including phenoxy) is 1. The minimum absolute atomic E-state index is 0.0437. The maximum atomic E-state index is 16.9. The third-order valence-corrected chi connectivity index (χ3v) is 11.3. The number of benzene rings is 2. The zero-order chi connectivity index (χ0) is 31.9. The first-order chi connectivity index (χ1) is 22.2. The van der Waals surface area contributed by atoms with Gasteiger partial charge in [-0.2, -0.15) is 24.0 Å². The van der Waals surface area contributed by atoms with E-state index in [1.165, 1.54) is 12.1 Å². The van der Waals surface area contributed by atoms with Gasteiger partial charge in [-0.1, -0.05) is 17.7 Å². The number of aromatic nitrogens is 2. The standard InChI is InChI=1S/C32H28ClF4N7OS/c33-21-8-19-26(25(35)24(21)18-4-5-22(34)27-23(18)20(10-38)29(39)46-27)41-31(42-30(19)43-12-16-2-3-17(13-43)40-16)45-14-32-6-1-7-44(32)11-15(9-32)28(36)37/h4-5,8,16-17,40H,1-3,6-7,9,11-14,39H2/t16-,17+,32?. The van der Waals surface area contributed by atoms with Crippen molar-refractivity contribution in [1.82, 2.24) is 20.2 Å². The van der Waals surface area contributed by atoms with Gasteiger partial charge in [-0.3, -0.25) is 4.90 Å². The molecule has 3 atom stereocenters. The van der Waals surface area contributed by atoms with Gasteiger partial charge in [0.25, 0.3) is 6.08 Å². The van der Waals surface area contributed by atoms with Crippen molar-refractivity contribution >= 4 is 54.7 Å². The molecule has 4 aromatic rings. The number of anilines is 2. The second-order valence-corrected chi connectivity index (χ2v) is 14.1. The Morgan fingerprint density at radius 2 is 2.00 bits per heavy atom. The average molecular weight is 670 g/mol. The van der Waals surface area contributed by atoms with E-state index in [-0.39, 0.29) is 85.6 Å². The van der Waals surface area contributed by atoms with E-state index in [9.17, 15) is 18.4 Å². The van der Waals surface area contributed by atoms with Gasteiger partial charge in [0.1, 0.15) is 34.8 Å². The number of nitrogen functional groups attached to an aromatic ring is 1. The zero-order valence-corrected chi connectivity index (χ0v) is 26.0. The van der Waals surface area contributed by atoms with Crippen molar-refractivity contribution in [3.05, 3.63) is 52.1 Å².